The third-order valence-electron chi connectivity index (χ3n) is 3.57. The molecule has 7 nitrogen and oxygen atoms in total. The minimum absolute atomic E-state index is 0.0576. The van der Waals surface area contributed by atoms with E-state index >= 15 is 0 Å². The highest BCUT2D eigenvalue weighted by Crippen LogP contribution is 2.26. The molecule has 3 rings (SSSR count). The summed E-state index contributed by atoms with van der Waals surface area (Å²) in [5.74, 6) is -1.89. The van der Waals surface area contributed by atoms with Gasteiger partial charge in [-0.3, -0.25) is 0 Å². The molecule has 29 heavy (non-hydrogen) atoms. The van der Waals surface area contributed by atoms with Crippen LogP contribution in [0.15, 0.2) is 42.5 Å². The van der Waals surface area contributed by atoms with Crippen LogP contribution in [0.3, 0.4) is 0 Å². The van der Waals surface area contributed by atoms with Gasteiger partial charge < -0.3 is 10.6 Å². The molecule has 2 N–H and O–H groups in total. The molecule has 0 aliphatic carbocycles. The van der Waals surface area contributed by atoms with Crippen LogP contribution in [0.5, 0.6) is 0 Å². The monoisotopic (exact) mass is 409 g/mol. The van der Waals surface area contributed by atoms with Gasteiger partial charge in [-0.05, 0) is 48.0 Å². The van der Waals surface area contributed by atoms with Crippen molar-refractivity contribution in [3.8, 4) is 12.1 Å². The second-order valence-corrected chi connectivity index (χ2v) is 5.89. The molecule has 3 aromatic rings. The lowest BCUT2D eigenvalue weighted by Gasteiger charge is -2.11. The molecule has 0 aliphatic heterocycles. The van der Waals surface area contributed by atoms with Crippen molar-refractivity contribution in [1.29, 1.82) is 10.5 Å². The van der Waals surface area contributed by atoms with Crippen LogP contribution in [-0.2, 0) is 0 Å². The number of halogens is 3. The summed E-state index contributed by atoms with van der Waals surface area (Å²) >= 11 is 5.98. The third kappa shape index (κ3) is 4.80. The van der Waals surface area contributed by atoms with Crippen molar-refractivity contribution in [1.82, 2.24) is 15.2 Å². The maximum atomic E-state index is 14.3. The fraction of sp³-hybridized carbons (Fsp3) is 0. The highest BCUT2D eigenvalue weighted by atomic mass is 35.5. The van der Waals surface area contributed by atoms with Gasteiger partial charge in [-0.2, -0.15) is 15.5 Å². The van der Waals surface area contributed by atoms with Gasteiger partial charge in [0.25, 0.3) is 0 Å². The van der Waals surface area contributed by atoms with E-state index in [9.17, 15) is 8.78 Å². The molecular weight excluding hydrogens is 400 g/mol. The van der Waals surface area contributed by atoms with E-state index < -0.39 is 17.3 Å². The SMILES string of the molecule is N#C/C=C/c1cc(F)c(Nc2nnc(Cl)c(Nc3ccc(C#N)cc3)n2)c(F)c1. The Morgan fingerprint density at radius 1 is 1.00 bits per heavy atom. The average molecular weight is 410 g/mol. The van der Waals surface area contributed by atoms with Crippen LogP contribution in [0, 0.1) is 34.3 Å². The summed E-state index contributed by atoms with van der Waals surface area (Å²) in [5.41, 5.74) is 0.755. The third-order valence-corrected chi connectivity index (χ3v) is 3.83. The average Bonchev–Trinajstić information content (AvgIpc) is 2.72. The topological polar surface area (TPSA) is 110 Å². The van der Waals surface area contributed by atoms with Gasteiger partial charge in [-0.15, -0.1) is 10.2 Å². The van der Waals surface area contributed by atoms with Crippen molar-refractivity contribution in [2.24, 2.45) is 0 Å². The molecule has 0 bridgehead atoms. The van der Waals surface area contributed by atoms with Gasteiger partial charge in [0.2, 0.25) is 5.95 Å². The van der Waals surface area contributed by atoms with Crippen LogP contribution in [0.1, 0.15) is 11.1 Å². The van der Waals surface area contributed by atoms with Gasteiger partial charge in [0.15, 0.2) is 11.0 Å². The van der Waals surface area contributed by atoms with Crippen molar-refractivity contribution >= 4 is 40.8 Å². The van der Waals surface area contributed by atoms with E-state index in [-0.39, 0.29) is 22.5 Å². The zero-order valence-electron chi connectivity index (χ0n) is 14.5. The molecule has 0 unspecified atom stereocenters. The molecular formula is C19H10ClF2N7. The maximum Gasteiger partial charge on any atom is 0.249 e. The van der Waals surface area contributed by atoms with E-state index in [1.807, 2.05) is 6.07 Å². The second-order valence-electron chi connectivity index (χ2n) is 5.54. The summed E-state index contributed by atoms with van der Waals surface area (Å²) in [5, 5.41) is 30.0. The van der Waals surface area contributed by atoms with Crippen LogP contribution in [0.2, 0.25) is 5.15 Å². The Morgan fingerprint density at radius 3 is 2.31 bits per heavy atom. The van der Waals surface area contributed by atoms with Gasteiger partial charge in [-0.1, -0.05) is 11.6 Å². The van der Waals surface area contributed by atoms with Crippen molar-refractivity contribution < 1.29 is 8.78 Å². The number of nitriles is 2. The predicted octanol–water partition coefficient (Wildman–Crippen LogP) is 4.70. The van der Waals surface area contributed by atoms with Gasteiger partial charge in [0, 0.05) is 11.8 Å². The van der Waals surface area contributed by atoms with E-state index in [4.69, 9.17) is 22.1 Å². The van der Waals surface area contributed by atoms with E-state index in [2.05, 4.69) is 25.8 Å². The number of hydrogen-bond acceptors (Lipinski definition) is 7. The van der Waals surface area contributed by atoms with Gasteiger partial charge in [-0.25, -0.2) is 8.78 Å². The van der Waals surface area contributed by atoms with Crippen LogP contribution < -0.4 is 10.6 Å². The zero-order chi connectivity index (χ0) is 20.8. The first kappa shape index (κ1) is 19.7. The number of anilines is 4. The minimum atomic E-state index is -0.900. The van der Waals surface area contributed by atoms with Crippen LogP contribution in [-0.4, -0.2) is 15.2 Å². The predicted molar refractivity (Wildman–Crippen MR) is 104 cm³/mol. The Kier molecular flexibility index (Phi) is 5.93. The quantitative estimate of drug-likeness (QED) is 0.587. The number of nitrogens with zero attached hydrogens (tertiary/aromatic N) is 5. The summed E-state index contributed by atoms with van der Waals surface area (Å²) in [4.78, 5) is 4.08. The zero-order valence-corrected chi connectivity index (χ0v) is 15.2. The summed E-state index contributed by atoms with van der Waals surface area (Å²) in [6.45, 7) is 0. The Bertz CT molecular complexity index is 1140. The lowest BCUT2D eigenvalue weighted by atomic mass is 10.1. The first-order valence-corrected chi connectivity index (χ1v) is 8.37. The van der Waals surface area contributed by atoms with E-state index in [0.29, 0.717) is 11.3 Å². The van der Waals surface area contributed by atoms with Crippen molar-refractivity contribution in [3.63, 3.8) is 0 Å². The lowest BCUT2D eigenvalue weighted by molar-refractivity contribution is 0.589. The molecule has 0 amide bonds. The molecule has 0 aliphatic rings. The lowest BCUT2D eigenvalue weighted by Crippen LogP contribution is -2.06. The molecule has 0 saturated heterocycles. The van der Waals surface area contributed by atoms with Gasteiger partial charge >= 0.3 is 0 Å². The summed E-state index contributed by atoms with van der Waals surface area (Å²) in [6.07, 6.45) is 2.38. The first-order chi connectivity index (χ1) is 14.0. The van der Waals surface area contributed by atoms with E-state index in [1.165, 1.54) is 6.08 Å². The Morgan fingerprint density at radius 2 is 1.69 bits per heavy atom. The normalized spacial score (nSPS) is 10.4. The fourth-order valence-corrected chi connectivity index (χ4v) is 2.39. The number of benzene rings is 2. The van der Waals surface area contributed by atoms with Gasteiger partial charge in [0.05, 0.1) is 17.7 Å². The van der Waals surface area contributed by atoms with Crippen LogP contribution >= 0.6 is 11.6 Å². The summed E-state index contributed by atoms with van der Waals surface area (Å²) < 4.78 is 28.5. The van der Waals surface area contributed by atoms with Crippen molar-refractivity contribution in [2.45, 2.75) is 0 Å². The molecule has 0 atom stereocenters. The summed E-state index contributed by atoms with van der Waals surface area (Å²) in [6, 6.07) is 12.3. The highest BCUT2D eigenvalue weighted by molar-refractivity contribution is 6.31. The molecule has 0 spiro atoms. The molecule has 10 heteroatoms. The van der Waals surface area contributed by atoms with E-state index in [0.717, 1.165) is 18.2 Å². The van der Waals surface area contributed by atoms with Crippen LogP contribution in [0.4, 0.5) is 31.9 Å². The Hall–Kier alpha value is -4.08. The van der Waals surface area contributed by atoms with Crippen LogP contribution in [0.25, 0.3) is 6.08 Å². The molecule has 1 aromatic heterocycles. The molecule has 2 aromatic carbocycles. The summed E-state index contributed by atoms with van der Waals surface area (Å²) in [7, 11) is 0. The molecule has 1 heterocycles. The molecule has 0 fully saturated rings. The highest BCUT2D eigenvalue weighted by Gasteiger charge is 2.14. The van der Waals surface area contributed by atoms with Crippen molar-refractivity contribution in [2.75, 3.05) is 10.6 Å². The van der Waals surface area contributed by atoms with E-state index in [1.54, 1.807) is 30.3 Å². The Balaban J connectivity index is 1.85. The first-order valence-electron chi connectivity index (χ1n) is 8.00. The van der Waals surface area contributed by atoms with Crippen molar-refractivity contribution in [3.05, 3.63) is 70.4 Å². The fourth-order valence-electron chi connectivity index (χ4n) is 2.26. The maximum absolute atomic E-state index is 14.3. The number of rotatable bonds is 5. The molecule has 0 saturated carbocycles. The number of hydrogen-bond donors (Lipinski definition) is 2. The smallest absolute Gasteiger partial charge is 0.249 e. The minimum Gasteiger partial charge on any atom is -0.337 e. The number of allylic oxidation sites excluding steroid dienone is 1. The van der Waals surface area contributed by atoms with Gasteiger partial charge in [0.1, 0.15) is 17.3 Å². The molecule has 142 valence electrons. The Labute approximate surface area is 168 Å². The second kappa shape index (κ2) is 8.74. The number of nitrogens with one attached hydrogen (secondary N) is 2. The largest absolute Gasteiger partial charge is 0.337 e. The number of aromatic nitrogens is 3. The standard InChI is InChI=1S/C19H10ClF2N7/c20-17-18(25-13-5-3-11(10-24)4-6-13)27-19(29-28-17)26-16-14(21)8-12(2-1-7-23)9-15(16)22/h1-6,8-9H,(H2,25,26,27,29)/b2-1+. The molecule has 0 radical (unpaired) electrons.